The molecular formula is C22H32N2O4S. The van der Waals surface area contributed by atoms with E-state index in [9.17, 15) is 13.2 Å². The number of carbonyl (C=O) groups is 1. The summed E-state index contributed by atoms with van der Waals surface area (Å²) in [4.78, 5) is 15.0. The molecule has 0 N–H and O–H groups in total. The van der Waals surface area contributed by atoms with Crippen LogP contribution in [-0.2, 0) is 14.8 Å². The Labute approximate surface area is 174 Å². The largest absolute Gasteiger partial charge is 0.444 e. The second kappa shape index (κ2) is 6.71. The van der Waals surface area contributed by atoms with Crippen LogP contribution in [-0.4, -0.2) is 54.5 Å². The lowest BCUT2D eigenvalue weighted by molar-refractivity contribution is -0.0463. The van der Waals surface area contributed by atoms with Crippen molar-refractivity contribution in [1.82, 2.24) is 9.21 Å². The Morgan fingerprint density at radius 3 is 2.21 bits per heavy atom. The summed E-state index contributed by atoms with van der Waals surface area (Å²) in [5, 5.41) is 0. The molecule has 0 unspecified atom stereocenters. The highest BCUT2D eigenvalue weighted by atomic mass is 32.2. The first kappa shape index (κ1) is 20.7. The molecule has 1 amide bonds. The fraction of sp³-hybridized carbons (Fsp3) is 0.682. The molecule has 3 saturated heterocycles. The van der Waals surface area contributed by atoms with E-state index in [1.165, 1.54) is 0 Å². The summed E-state index contributed by atoms with van der Waals surface area (Å²) in [7, 11) is -3.47. The number of aryl methyl sites for hydroxylation is 2. The second-order valence-corrected chi connectivity index (χ2v) is 12.1. The zero-order valence-electron chi connectivity index (χ0n) is 18.1. The third-order valence-corrected chi connectivity index (χ3v) is 8.49. The molecule has 1 spiro atoms. The number of sulfonamides is 1. The molecule has 3 fully saturated rings. The molecular weight excluding hydrogens is 388 g/mol. The second-order valence-electron chi connectivity index (χ2n) is 10.2. The van der Waals surface area contributed by atoms with Crippen molar-refractivity contribution in [3.63, 3.8) is 0 Å². The van der Waals surface area contributed by atoms with Gasteiger partial charge in [0.15, 0.2) is 0 Å². The summed E-state index contributed by atoms with van der Waals surface area (Å²) in [6.45, 7) is 10.6. The van der Waals surface area contributed by atoms with Gasteiger partial charge in [0.05, 0.1) is 4.90 Å². The van der Waals surface area contributed by atoms with Crippen molar-refractivity contribution >= 4 is 16.1 Å². The van der Waals surface area contributed by atoms with E-state index in [-0.39, 0.29) is 23.6 Å². The van der Waals surface area contributed by atoms with Crippen LogP contribution in [0.3, 0.4) is 0 Å². The van der Waals surface area contributed by atoms with Crippen molar-refractivity contribution in [2.45, 2.75) is 82.9 Å². The Bertz CT molecular complexity index is 913. The van der Waals surface area contributed by atoms with E-state index in [0.29, 0.717) is 18.0 Å². The van der Waals surface area contributed by atoms with Crippen LogP contribution in [0.2, 0.25) is 0 Å². The van der Waals surface area contributed by atoms with E-state index < -0.39 is 15.6 Å². The van der Waals surface area contributed by atoms with Crippen molar-refractivity contribution in [1.29, 1.82) is 0 Å². The number of fused-ring (bicyclic) bond motifs is 2. The Hall–Kier alpha value is -1.60. The molecule has 0 aliphatic carbocycles. The highest BCUT2D eigenvalue weighted by molar-refractivity contribution is 7.89. The molecule has 160 valence electrons. The van der Waals surface area contributed by atoms with Gasteiger partial charge in [0, 0.05) is 30.6 Å². The Morgan fingerprint density at radius 2 is 1.69 bits per heavy atom. The van der Waals surface area contributed by atoms with Gasteiger partial charge in [-0.05, 0) is 71.9 Å². The van der Waals surface area contributed by atoms with E-state index in [4.69, 9.17) is 4.74 Å². The van der Waals surface area contributed by atoms with E-state index >= 15 is 0 Å². The first-order chi connectivity index (χ1) is 13.4. The third-order valence-electron chi connectivity index (χ3n) is 6.53. The maximum Gasteiger partial charge on any atom is 0.410 e. The lowest BCUT2D eigenvalue weighted by Gasteiger charge is -2.55. The van der Waals surface area contributed by atoms with E-state index in [1.807, 2.05) is 51.7 Å². The van der Waals surface area contributed by atoms with Crippen molar-refractivity contribution in [3.05, 3.63) is 29.3 Å². The van der Waals surface area contributed by atoms with Crippen LogP contribution in [0.1, 0.15) is 57.6 Å². The molecule has 1 aromatic carbocycles. The predicted octanol–water partition coefficient (Wildman–Crippen LogP) is 3.86. The van der Waals surface area contributed by atoms with Crippen LogP contribution in [0, 0.1) is 19.3 Å². The molecule has 3 aliphatic heterocycles. The monoisotopic (exact) mass is 420 g/mol. The fourth-order valence-corrected chi connectivity index (χ4v) is 7.29. The number of benzene rings is 1. The maximum absolute atomic E-state index is 13.1. The summed E-state index contributed by atoms with van der Waals surface area (Å²) in [5.74, 6) is 0. The van der Waals surface area contributed by atoms with Gasteiger partial charge in [-0.15, -0.1) is 0 Å². The lowest BCUT2D eigenvalue weighted by Crippen LogP contribution is -2.64. The SMILES string of the molecule is Cc1ccc(S(=O)(=O)N2CC3(C[C@H]4CC[C@@H](C3)N4C(=O)OC(C)(C)C)C2)c(C)c1. The van der Waals surface area contributed by atoms with Crippen molar-refractivity contribution < 1.29 is 17.9 Å². The summed E-state index contributed by atoms with van der Waals surface area (Å²) in [6.07, 6.45) is 3.47. The van der Waals surface area contributed by atoms with Crippen LogP contribution in [0.5, 0.6) is 0 Å². The van der Waals surface area contributed by atoms with Gasteiger partial charge in [-0.3, -0.25) is 0 Å². The number of amides is 1. The van der Waals surface area contributed by atoms with Gasteiger partial charge in [-0.25, -0.2) is 13.2 Å². The van der Waals surface area contributed by atoms with E-state index in [2.05, 4.69) is 0 Å². The zero-order chi connectivity index (χ0) is 21.2. The van der Waals surface area contributed by atoms with Gasteiger partial charge in [-0.1, -0.05) is 17.7 Å². The number of carbonyl (C=O) groups excluding carboxylic acids is 1. The highest BCUT2D eigenvalue weighted by Crippen LogP contribution is 2.51. The molecule has 3 heterocycles. The van der Waals surface area contributed by atoms with Crippen molar-refractivity contribution in [3.8, 4) is 0 Å². The molecule has 1 aromatic rings. The molecule has 29 heavy (non-hydrogen) atoms. The Balaban J connectivity index is 1.46. The molecule has 2 atom stereocenters. The fourth-order valence-electron chi connectivity index (χ4n) is 5.42. The summed E-state index contributed by atoms with van der Waals surface area (Å²) < 4.78 is 33.5. The standard InChI is InChI=1S/C22H32N2O4S/c1-15-6-9-19(16(2)10-15)29(26,27)23-13-22(14-23)11-17-7-8-18(12-22)24(17)20(25)28-21(3,4)5/h6,9-10,17-18H,7-8,11-14H2,1-5H3/t17-,18+. The minimum Gasteiger partial charge on any atom is -0.444 e. The van der Waals surface area contributed by atoms with Gasteiger partial charge in [0.1, 0.15) is 5.60 Å². The summed E-state index contributed by atoms with van der Waals surface area (Å²) in [6, 6.07) is 5.82. The van der Waals surface area contributed by atoms with Gasteiger partial charge >= 0.3 is 6.09 Å². The smallest absolute Gasteiger partial charge is 0.410 e. The zero-order valence-corrected chi connectivity index (χ0v) is 18.9. The topological polar surface area (TPSA) is 66.9 Å². The number of nitrogens with zero attached hydrogens (tertiary/aromatic N) is 2. The molecule has 2 bridgehead atoms. The van der Waals surface area contributed by atoms with Crippen LogP contribution < -0.4 is 0 Å². The lowest BCUT2D eigenvalue weighted by atomic mass is 9.70. The first-order valence-corrected chi connectivity index (χ1v) is 11.9. The molecule has 0 radical (unpaired) electrons. The number of ether oxygens (including phenoxy) is 1. The molecule has 0 aromatic heterocycles. The Kier molecular flexibility index (Phi) is 4.78. The van der Waals surface area contributed by atoms with Crippen LogP contribution in [0.4, 0.5) is 4.79 Å². The number of hydrogen-bond donors (Lipinski definition) is 0. The number of rotatable bonds is 2. The quantitative estimate of drug-likeness (QED) is 0.729. The number of hydrogen-bond acceptors (Lipinski definition) is 4. The molecule has 3 aliphatic rings. The van der Waals surface area contributed by atoms with Crippen molar-refractivity contribution in [2.75, 3.05) is 13.1 Å². The first-order valence-electron chi connectivity index (χ1n) is 10.5. The van der Waals surface area contributed by atoms with E-state index in [1.54, 1.807) is 10.4 Å². The normalized spacial score (nSPS) is 26.4. The maximum atomic E-state index is 13.1. The predicted molar refractivity (Wildman–Crippen MR) is 111 cm³/mol. The average Bonchev–Trinajstić information content (AvgIpc) is 2.82. The number of piperidine rings is 1. The molecule has 0 saturated carbocycles. The van der Waals surface area contributed by atoms with Crippen molar-refractivity contribution in [2.24, 2.45) is 5.41 Å². The summed E-state index contributed by atoms with van der Waals surface area (Å²) >= 11 is 0. The minimum atomic E-state index is -3.47. The van der Waals surface area contributed by atoms with E-state index in [0.717, 1.165) is 36.8 Å². The van der Waals surface area contributed by atoms with Crippen LogP contribution in [0.25, 0.3) is 0 Å². The van der Waals surface area contributed by atoms with Gasteiger partial charge in [0.25, 0.3) is 0 Å². The molecule has 4 rings (SSSR count). The van der Waals surface area contributed by atoms with Gasteiger partial charge in [-0.2, -0.15) is 4.31 Å². The highest BCUT2D eigenvalue weighted by Gasteiger charge is 2.57. The van der Waals surface area contributed by atoms with Gasteiger partial charge in [0.2, 0.25) is 10.0 Å². The third kappa shape index (κ3) is 3.67. The minimum absolute atomic E-state index is 0.00395. The molecule has 7 heteroatoms. The van der Waals surface area contributed by atoms with Gasteiger partial charge < -0.3 is 9.64 Å². The summed E-state index contributed by atoms with van der Waals surface area (Å²) in [5.41, 5.74) is 1.35. The Morgan fingerprint density at radius 1 is 1.10 bits per heavy atom. The average molecular weight is 421 g/mol. The molecule has 6 nitrogen and oxygen atoms in total. The van der Waals surface area contributed by atoms with Crippen LogP contribution >= 0.6 is 0 Å². The van der Waals surface area contributed by atoms with Crippen LogP contribution in [0.15, 0.2) is 23.1 Å².